The molecule has 0 bridgehead atoms. The fourth-order valence-electron chi connectivity index (χ4n) is 2.17. The van der Waals surface area contributed by atoms with E-state index < -0.39 is 0 Å². The number of unbranched alkanes of at least 4 members (excludes halogenated alkanes) is 1. The van der Waals surface area contributed by atoms with E-state index in [-0.39, 0.29) is 5.69 Å². The molecule has 18 heavy (non-hydrogen) atoms. The van der Waals surface area contributed by atoms with Gasteiger partial charge in [0.25, 0.3) is 0 Å². The fraction of sp³-hybridized carbons (Fsp3) is 0.714. The summed E-state index contributed by atoms with van der Waals surface area (Å²) in [5, 5.41) is 0. The molecule has 1 atom stereocenters. The van der Waals surface area contributed by atoms with E-state index in [1.54, 1.807) is 4.57 Å². The summed E-state index contributed by atoms with van der Waals surface area (Å²) in [6.07, 6.45) is 4.73. The summed E-state index contributed by atoms with van der Waals surface area (Å²) in [5.41, 5.74) is 1.64. The van der Waals surface area contributed by atoms with Crippen LogP contribution < -0.4 is 5.69 Å². The van der Waals surface area contributed by atoms with Crippen molar-refractivity contribution in [3.8, 4) is 0 Å². The molecule has 4 heteroatoms. The molecule has 0 saturated heterocycles. The van der Waals surface area contributed by atoms with Crippen LogP contribution in [0.1, 0.15) is 50.9 Å². The molecular formula is C14H23BrN2O. The molecule has 1 unspecified atom stereocenters. The van der Waals surface area contributed by atoms with Crippen molar-refractivity contribution in [2.45, 2.75) is 59.9 Å². The summed E-state index contributed by atoms with van der Waals surface area (Å²) in [6, 6.07) is 0. The average Bonchev–Trinajstić information content (AvgIpc) is 2.35. The normalized spacial score (nSPS) is 12.7. The van der Waals surface area contributed by atoms with E-state index in [4.69, 9.17) is 0 Å². The number of halogens is 1. The average molecular weight is 315 g/mol. The Morgan fingerprint density at radius 1 is 1.33 bits per heavy atom. The largest absolute Gasteiger partial charge is 0.348 e. The molecule has 0 aliphatic carbocycles. The summed E-state index contributed by atoms with van der Waals surface area (Å²) in [6.45, 7) is 9.02. The smallest absolute Gasteiger partial charge is 0.295 e. The number of nitrogens with zero attached hydrogens (tertiary/aromatic N) is 2. The van der Waals surface area contributed by atoms with Crippen molar-refractivity contribution < 1.29 is 0 Å². The quantitative estimate of drug-likeness (QED) is 0.799. The number of rotatable bonds is 6. The van der Waals surface area contributed by atoms with Crippen molar-refractivity contribution in [2.24, 2.45) is 5.92 Å². The molecule has 0 N–H and O–H groups in total. The topological polar surface area (TPSA) is 34.9 Å². The van der Waals surface area contributed by atoms with Crippen molar-refractivity contribution >= 4 is 15.9 Å². The van der Waals surface area contributed by atoms with Gasteiger partial charge in [-0.1, -0.05) is 33.1 Å². The van der Waals surface area contributed by atoms with Crippen LogP contribution in [0.5, 0.6) is 0 Å². The van der Waals surface area contributed by atoms with Crippen LogP contribution in [0, 0.1) is 19.8 Å². The SMILES string of the molecule is CCCCC(CC)Cn1c(C)c(Br)c(C)nc1=O. The molecule has 1 rings (SSSR count). The fourth-order valence-corrected chi connectivity index (χ4v) is 2.47. The number of aryl methyl sites for hydroxylation is 1. The van der Waals surface area contributed by atoms with Gasteiger partial charge in [0.15, 0.2) is 0 Å². The van der Waals surface area contributed by atoms with Crippen LogP contribution in [0.25, 0.3) is 0 Å². The zero-order valence-corrected chi connectivity index (χ0v) is 13.4. The zero-order chi connectivity index (χ0) is 13.7. The molecule has 0 aromatic carbocycles. The maximum atomic E-state index is 12.0. The first-order valence-electron chi connectivity index (χ1n) is 6.74. The molecule has 0 radical (unpaired) electrons. The molecule has 0 aliphatic heterocycles. The highest BCUT2D eigenvalue weighted by atomic mass is 79.9. The van der Waals surface area contributed by atoms with Gasteiger partial charge in [0.05, 0.1) is 10.2 Å². The van der Waals surface area contributed by atoms with Gasteiger partial charge >= 0.3 is 5.69 Å². The molecule has 1 aromatic heterocycles. The summed E-state index contributed by atoms with van der Waals surface area (Å²) >= 11 is 3.51. The summed E-state index contributed by atoms with van der Waals surface area (Å²) in [7, 11) is 0. The van der Waals surface area contributed by atoms with Crippen molar-refractivity contribution in [2.75, 3.05) is 0 Å². The maximum absolute atomic E-state index is 12.0. The van der Waals surface area contributed by atoms with E-state index in [0.717, 1.165) is 28.8 Å². The molecule has 1 heterocycles. The Bertz CT molecular complexity index is 454. The van der Waals surface area contributed by atoms with Gasteiger partial charge in [-0.25, -0.2) is 4.79 Å². The van der Waals surface area contributed by atoms with Crippen LogP contribution in [0.2, 0.25) is 0 Å². The van der Waals surface area contributed by atoms with Gasteiger partial charge in [-0.15, -0.1) is 0 Å². The van der Waals surface area contributed by atoms with Crippen LogP contribution in [0.4, 0.5) is 0 Å². The van der Waals surface area contributed by atoms with Crippen LogP contribution in [0.15, 0.2) is 9.27 Å². The summed E-state index contributed by atoms with van der Waals surface area (Å²) in [4.78, 5) is 16.0. The molecule has 0 saturated carbocycles. The van der Waals surface area contributed by atoms with Crippen LogP contribution in [0.3, 0.4) is 0 Å². The van der Waals surface area contributed by atoms with Gasteiger partial charge in [0, 0.05) is 12.2 Å². The monoisotopic (exact) mass is 314 g/mol. The molecule has 0 spiro atoms. The van der Waals surface area contributed by atoms with E-state index in [1.165, 1.54) is 19.3 Å². The highest BCUT2D eigenvalue weighted by molar-refractivity contribution is 9.10. The van der Waals surface area contributed by atoms with Crippen molar-refractivity contribution in [3.05, 3.63) is 26.3 Å². The molecule has 0 fully saturated rings. The van der Waals surface area contributed by atoms with Crippen LogP contribution in [-0.2, 0) is 6.54 Å². The molecule has 3 nitrogen and oxygen atoms in total. The minimum absolute atomic E-state index is 0.122. The lowest BCUT2D eigenvalue weighted by Crippen LogP contribution is -2.29. The highest BCUT2D eigenvalue weighted by Crippen LogP contribution is 2.20. The van der Waals surface area contributed by atoms with Crippen molar-refractivity contribution in [3.63, 3.8) is 0 Å². The second-order valence-corrected chi connectivity index (χ2v) is 5.70. The van der Waals surface area contributed by atoms with E-state index in [9.17, 15) is 4.79 Å². The first-order chi connectivity index (χ1) is 8.51. The van der Waals surface area contributed by atoms with Gasteiger partial charge in [0.2, 0.25) is 0 Å². The Morgan fingerprint density at radius 3 is 2.56 bits per heavy atom. The first-order valence-corrected chi connectivity index (χ1v) is 7.54. The predicted molar refractivity (Wildman–Crippen MR) is 79.0 cm³/mol. The van der Waals surface area contributed by atoms with Gasteiger partial charge in [-0.3, -0.25) is 4.57 Å². The Kier molecular flexibility index (Phi) is 6.06. The number of aromatic nitrogens is 2. The maximum Gasteiger partial charge on any atom is 0.348 e. The zero-order valence-electron chi connectivity index (χ0n) is 11.8. The second kappa shape index (κ2) is 7.07. The lowest BCUT2D eigenvalue weighted by atomic mass is 9.99. The van der Waals surface area contributed by atoms with Gasteiger partial charge < -0.3 is 0 Å². The Balaban J connectivity index is 2.96. The first kappa shape index (κ1) is 15.4. The predicted octanol–water partition coefficient (Wildman–Crippen LogP) is 3.84. The molecule has 1 aromatic rings. The molecule has 0 aliphatic rings. The van der Waals surface area contributed by atoms with Crippen LogP contribution >= 0.6 is 15.9 Å². The number of hydrogen-bond donors (Lipinski definition) is 0. The van der Waals surface area contributed by atoms with Crippen molar-refractivity contribution in [1.82, 2.24) is 9.55 Å². The Labute approximate surface area is 118 Å². The molecule has 102 valence electrons. The number of hydrogen-bond acceptors (Lipinski definition) is 2. The standard InChI is InChI=1S/C14H23BrN2O/c1-5-7-8-12(6-2)9-17-11(4)13(15)10(3)16-14(17)18/h12H,5-9H2,1-4H3. The minimum atomic E-state index is -0.122. The third kappa shape index (κ3) is 3.67. The van der Waals surface area contributed by atoms with Gasteiger partial charge in [-0.2, -0.15) is 4.98 Å². The van der Waals surface area contributed by atoms with E-state index in [1.807, 2.05) is 13.8 Å². The van der Waals surface area contributed by atoms with Crippen molar-refractivity contribution in [1.29, 1.82) is 0 Å². The third-order valence-electron chi connectivity index (χ3n) is 3.52. The van der Waals surface area contributed by atoms with Gasteiger partial charge in [-0.05, 0) is 42.1 Å². The molecule has 0 amide bonds. The Hall–Kier alpha value is -0.640. The Morgan fingerprint density at radius 2 is 2.00 bits per heavy atom. The lowest BCUT2D eigenvalue weighted by Gasteiger charge is -2.18. The van der Waals surface area contributed by atoms with E-state index >= 15 is 0 Å². The summed E-state index contributed by atoms with van der Waals surface area (Å²) in [5.74, 6) is 0.567. The minimum Gasteiger partial charge on any atom is -0.295 e. The highest BCUT2D eigenvalue weighted by Gasteiger charge is 2.13. The van der Waals surface area contributed by atoms with Crippen LogP contribution in [-0.4, -0.2) is 9.55 Å². The molecular weight excluding hydrogens is 292 g/mol. The van der Waals surface area contributed by atoms with E-state index in [0.29, 0.717) is 5.92 Å². The summed E-state index contributed by atoms with van der Waals surface area (Å²) < 4.78 is 2.76. The lowest BCUT2D eigenvalue weighted by molar-refractivity contribution is 0.377. The van der Waals surface area contributed by atoms with Gasteiger partial charge in [0.1, 0.15) is 0 Å². The third-order valence-corrected chi connectivity index (χ3v) is 4.67. The second-order valence-electron chi connectivity index (χ2n) is 4.91. The van der Waals surface area contributed by atoms with E-state index in [2.05, 4.69) is 34.8 Å².